The first kappa shape index (κ1) is 13.9. The normalized spacial score (nSPS) is 12.5. The molecule has 88 valence electrons. The molecule has 0 heterocycles. The maximum absolute atomic E-state index is 11.2. The van der Waals surface area contributed by atoms with Gasteiger partial charge in [-0.25, -0.2) is 0 Å². The second-order valence-corrected chi connectivity index (χ2v) is 4.33. The van der Waals surface area contributed by atoms with Crippen LogP contribution in [0.25, 0.3) is 0 Å². The van der Waals surface area contributed by atoms with Gasteiger partial charge < -0.3 is 10.4 Å². The fraction of sp³-hybridized carbons (Fsp3) is 0.818. The van der Waals surface area contributed by atoms with Crippen LogP contribution < -0.4 is 5.32 Å². The third-order valence-electron chi connectivity index (χ3n) is 2.19. The summed E-state index contributed by atoms with van der Waals surface area (Å²) < 4.78 is 0. The van der Waals surface area contributed by atoms with Crippen LogP contribution in [-0.4, -0.2) is 23.5 Å². The average molecular weight is 215 g/mol. The minimum absolute atomic E-state index is 0.0665. The van der Waals surface area contributed by atoms with Crippen LogP contribution in [0.15, 0.2) is 0 Å². The Bertz CT molecular complexity index is 214. The molecular formula is C11H21NO3. The molecule has 0 aliphatic heterocycles. The highest BCUT2D eigenvalue weighted by atomic mass is 16.4. The highest BCUT2D eigenvalue weighted by Gasteiger charge is 2.14. The average Bonchev–Trinajstić information content (AvgIpc) is 2.12. The Balaban J connectivity index is 3.54. The molecule has 0 fully saturated rings. The molecule has 0 radical (unpaired) electrons. The maximum atomic E-state index is 11.2. The Kier molecular flexibility index (Phi) is 6.75. The van der Waals surface area contributed by atoms with E-state index in [9.17, 15) is 9.59 Å². The molecule has 0 aromatic rings. The summed E-state index contributed by atoms with van der Waals surface area (Å²) in [5, 5.41) is 11.3. The van der Waals surface area contributed by atoms with E-state index < -0.39 is 11.9 Å². The third kappa shape index (κ3) is 7.97. The largest absolute Gasteiger partial charge is 0.481 e. The Labute approximate surface area is 91.1 Å². The summed E-state index contributed by atoms with van der Waals surface area (Å²) in [7, 11) is 0. The summed E-state index contributed by atoms with van der Waals surface area (Å²) in [5.74, 6) is -1.06. The predicted octanol–water partition coefficient (Wildman–Crippen LogP) is 1.65. The molecule has 1 amide bonds. The number of carbonyl (C=O) groups is 2. The Morgan fingerprint density at radius 3 is 2.33 bits per heavy atom. The van der Waals surface area contributed by atoms with E-state index in [1.807, 2.05) is 0 Å². The topological polar surface area (TPSA) is 66.4 Å². The van der Waals surface area contributed by atoms with E-state index in [4.69, 9.17) is 5.11 Å². The van der Waals surface area contributed by atoms with Crippen LogP contribution in [0, 0.1) is 11.8 Å². The van der Waals surface area contributed by atoms with Crippen LogP contribution in [0.4, 0.5) is 0 Å². The van der Waals surface area contributed by atoms with Gasteiger partial charge in [-0.15, -0.1) is 0 Å². The summed E-state index contributed by atoms with van der Waals surface area (Å²) in [6.45, 7) is 6.45. The number of nitrogens with one attached hydrogen (secondary N) is 1. The SMILES string of the molecule is CC(C)CCCNC(=O)CC(C)C(=O)O. The zero-order valence-electron chi connectivity index (χ0n) is 9.75. The molecule has 15 heavy (non-hydrogen) atoms. The lowest BCUT2D eigenvalue weighted by atomic mass is 10.1. The Morgan fingerprint density at radius 2 is 1.87 bits per heavy atom. The summed E-state index contributed by atoms with van der Waals surface area (Å²) in [5.41, 5.74) is 0. The summed E-state index contributed by atoms with van der Waals surface area (Å²) in [4.78, 5) is 21.7. The highest BCUT2D eigenvalue weighted by Crippen LogP contribution is 2.03. The van der Waals surface area contributed by atoms with Crippen molar-refractivity contribution in [3.05, 3.63) is 0 Å². The number of amides is 1. The van der Waals surface area contributed by atoms with Crippen LogP contribution in [-0.2, 0) is 9.59 Å². The lowest BCUT2D eigenvalue weighted by Gasteiger charge is -2.08. The van der Waals surface area contributed by atoms with Crippen LogP contribution in [0.5, 0.6) is 0 Å². The van der Waals surface area contributed by atoms with Crippen LogP contribution in [0.1, 0.15) is 40.0 Å². The van der Waals surface area contributed by atoms with Gasteiger partial charge in [0.2, 0.25) is 5.91 Å². The van der Waals surface area contributed by atoms with E-state index in [-0.39, 0.29) is 12.3 Å². The molecule has 0 spiro atoms. The van der Waals surface area contributed by atoms with Crippen molar-refractivity contribution in [2.45, 2.75) is 40.0 Å². The molecule has 2 N–H and O–H groups in total. The molecule has 0 saturated carbocycles. The lowest BCUT2D eigenvalue weighted by Crippen LogP contribution is -2.28. The van der Waals surface area contributed by atoms with E-state index in [1.165, 1.54) is 6.92 Å². The zero-order chi connectivity index (χ0) is 11.8. The first-order chi connectivity index (χ1) is 6.93. The number of hydrogen-bond acceptors (Lipinski definition) is 2. The van der Waals surface area contributed by atoms with Crippen molar-refractivity contribution >= 4 is 11.9 Å². The van der Waals surface area contributed by atoms with Gasteiger partial charge in [0, 0.05) is 13.0 Å². The van der Waals surface area contributed by atoms with Crippen molar-refractivity contribution in [1.29, 1.82) is 0 Å². The Morgan fingerprint density at radius 1 is 1.27 bits per heavy atom. The molecule has 0 saturated heterocycles. The third-order valence-corrected chi connectivity index (χ3v) is 2.19. The number of carboxylic acids is 1. The smallest absolute Gasteiger partial charge is 0.306 e. The molecule has 0 rings (SSSR count). The van der Waals surface area contributed by atoms with Gasteiger partial charge >= 0.3 is 5.97 Å². The quantitative estimate of drug-likeness (QED) is 0.634. The summed E-state index contributed by atoms with van der Waals surface area (Å²) in [6.07, 6.45) is 2.09. The molecule has 4 heteroatoms. The molecule has 0 aliphatic carbocycles. The molecule has 4 nitrogen and oxygen atoms in total. The zero-order valence-corrected chi connectivity index (χ0v) is 9.75. The number of carboxylic acid groups (broad SMARTS) is 1. The van der Waals surface area contributed by atoms with E-state index in [0.717, 1.165) is 12.8 Å². The van der Waals surface area contributed by atoms with Crippen molar-refractivity contribution in [2.24, 2.45) is 11.8 Å². The minimum Gasteiger partial charge on any atom is -0.481 e. The summed E-state index contributed by atoms with van der Waals surface area (Å²) >= 11 is 0. The monoisotopic (exact) mass is 215 g/mol. The number of hydrogen-bond donors (Lipinski definition) is 2. The molecule has 0 aliphatic rings. The fourth-order valence-electron chi connectivity index (χ4n) is 1.18. The van der Waals surface area contributed by atoms with Gasteiger partial charge in [0.25, 0.3) is 0 Å². The molecule has 0 aromatic heterocycles. The van der Waals surface area contributed by atoms with E-state index >= 15 is 0 Å². The van der Waals surface area contributed by atoms with Crippen molar-refractivity contribution in [1.82, 2.24) is 5.32 Å². The second kappa shape index (κ2) is 7.26. The lowest BCUT2D eigenvalue weighted by molar-refractivity contribution is -0.143. The Hall–Kier alpha value is -1.06. The molecular weight excluding hydrogens is 194 g/mol. The number of aliphatic carboxylic acids is 1. The minimum atomic E-state index is -0.924. The standard InChI is InChI=1S/C11H21NO3/c1-8(2)5-4-6-12-10(13)7-9(3)11(14)15/h8-9H,4-7H2,1-3H3,(H,12,13)(H,14,15). The van der Waals surface area contributed by atoms with Gasteiger partial charge in [-0.3, -0.25) is 9.59 Å². The van der Waals surface area contributed by atoms with Crippen molar-refractivity contribution < 1.29 is 14.7 Å². The summed E-state index contributed by atoms with van der Waals surface area (Å²) in [6, 6.07) is 0. The van der Waals surface area contributed by atoms with Crippen molar-refractivity contribution in [3.8, 4) is 0 Å². The molecule has 1 unspecified atom stereocenters. The van der Waals surface area contributed by atoms with Gasteiger partial charge in [0.05, 0.1) is 5.92 Å². The van der Waals surface area contributed by atoms with E-state index in [0.29, 0.717) is 12.5 Å². The number of carbonyl (C=O) groups excluding carboxylic acids is 1. The van der Waals surface area contributed by atoms with Gasteiger partial charge in [-0.05, 0) is 18.8 Å². The van der Waals surface area contributed by atoms with Gasteiger partial charge in [0.15, 0.2) is 0 Å². The first-order valence-corrected chi connectivity index (χ1v) is 5.43. The second-order valence-electron chi connectivity index (χ2n) is 4.33. The van der Waals surface area contributed by atoms with E-state index in [2.05, 4.69) is 19.2 Å². The highest BCUT2D eigenvalue weighted by molar-refractivity contribution is 5.81. The fourth-order valence-corrected chi connectivity index (χ4v) is 1.18. The van der Waals surface area contributed by atoms with E-state index in [1.54, 1.807) is 0 Å². The van der Waals surface area contributed by atoms with Crippen molar-refractivity contribution in [2.75, 3.05) is 6.54 Å². The van der Waals surface area contributed by atoms with Crippen molar-refractivity contribution in [3.63, 3.8) is 0 Å². The van der Waals surface area contributed by atoms with Crippen LogP contribution in [0.3, 0.4) is 0 Å². The molecule has 1 atom stereocenters. The van der Waals surface area contributed by atoms with Crippen LogP contribution in [0.2, 0.25) is 0 Å². The predicted molar refractivity (Wildman–Crippen MR) is 58.5 cm³/mol. The molecule has 0 bridgehead atoms. The van der Waals surface area contributed by atoms with Gasteiger partial charge in [-0.2, -0.15) is 0 Å². The van der Waals surface area contributed by atoms with Gasteiger partial charge in [0.1, 0.15) is 0 Å². The first-order valence-electron chi connectivity index (χ1n) is 5.43. The van der Waals surface area contributed by atoms with Crippen LogP contribution >= 0.6 is 0 Å². The van der Waals surface area contributed by atoms with Gasteiger partial charge in [-0.1, -0.05) is 20.8 Å². The maximum Gasteiger partial charge on any atom is 0.306 e. The number of rotatable bonds is 7. The molecule has 0 aromatic carbocycles.